The minimum atomic E-state index is -0.850. The zero-order valence-electron chi connectivity index (χ0n) is 13.0. The number of rotatable bonds is 6. The van der Waals surface area contributed by atoms with Crippen LogP contribution in [0.5, 0.6) is 5.75 Å². The van der Waals surface area contributed by atoms with Gasteiger partial charge in [-0.25, -0.2) is 4.79 Å². The van der Waals surface area contributed by atoms with Gasteiger partial charge in [0.2, 0.25) is 0 Å². The fourth-order valence-electron chi connectivity index (χ4n) is 2.09. The molecular formula is C18H17BrO4. The minimum absolute atomic E-state index is 0.170. The summed E-state index contributed by atoms with van der Waals surface area (Å²) in [6.45, 7) is 4.08. The number of aryl methyl sites for hydroxylation is 1. The van der Waals surface area contributed by atoms with Gasteiger partial charge in [-0.15, -0.1) is 0 Å². The normalized spacial score (nSPS) is 10.2. The van der Waals surface area contributed by atoms with E-state index in [1.165, 1.54) is 0 Å². The van der Waals surface area contributed by atoms with Gasteiger partial charge < -0.3 is 9.47 Å². The number of ketones is 1. The summed E-state index contributed by atoms with van der Waals surface area (Å²) in [5, 5.41) is 0. The number of carbonyl (C=O) groups excluding carboxylic acids is 2. The second kappa shape index (κ2) is 7.92. The van der Waals surface area contributed by atoms with Gasteiger partial charge in [0.1, 0.15) is 12.4 Å². The Morgan fingerprint density at radius 3 is 2.43 bits per heavy atom. The van der Waals surface area contributed by atoms with Gasteiger partial charge in [0.15, 0.2) is 0 Å². The van der Waals surface area contributed by atoms with Crippen LogP contribution in [0.1, 0.15) is 28.4 Å². The molecule has 0 saturated carbocycles. The summed E-state index contributed by atoms with van der Waals surface area (Å²) < 4.78 is 11.2. The first kappa shape index (κ1) is 17.2. The van der Waals surface area contributed by atoms with Crippen LogP contribution in [0, 0.1) is 6.92 Å². The van der Waals surface area contributed by atoms with E-state index < -0.39 is 11.8 Å². The van der Waals surface area contributed by atoms with Crippen molar-refractivity contribution in [3.05, 3.63) is 63.6 Å². The Morgan fingerprint density at radius 1 is 1.13 bits per heavy atom. The van der Waals surface area contributed by atoms with Crippen LogP contribution in [0.3, 0.4) is 0 Å². The standard InChI is InChI=1S/C18H17BrO4/c1-3-22-18(21)16(20)14-9-12(2)17(15(19)10-14)23-11-13-7-5-4-6-8-13/h4-10H,3,11H2,1-2H3. The second-order valence-electron chi connectivity index (χ2n) is 4.93. The Labute approximate surface area is 143 Å². The van der Waals surface area contributed by atoms with Crippen LogP contribution in [0.15, 0.2) is 46.9 Å². The van der Waals surface area contributed by atoms with Crippen LogP contribution in [-0.2, 0) is 16.1 Å². The Hall–Kier alpha value is -2.14. The van der Waals surface area contributed by atoms with Gasteiger partial charge in [-0.05, 0) is 53.0 Å². The molecule has 2 aromatic rings. The first-order chi connectivity index (χ1) is 11.0. The number of esters is 1. The highest BCUT2D eigenvalue weighted by Crippen LogP contribution is 2.31. The quantitative estimate of drug-likeness (QED) is 0.433. The van der Waals surface area contributed by atoms with Crippen LogP contribution in [-0.4, -0.2) is 18.4 Å². The maximum atomic E-state index is 12.0. The van der Waals surface area contributed by atoms with Crippen molar-refractivity contribution in [1.82, 2.24) is 0 Å². The summed E-state index contributed by atoms with van der Waals surface area (Å²) in [7, 11) is 0. The predicted octanol–water partition coefficient (Wildman–Crippen LogP) is 4.08. The van der Waals surface area contributed by atoms with E-state index in [-0.39, 0.29) is 12.2 Å². The second-order valence-corrected chi connectivity index (χ2v) is 5.78. The lowest BCUT2D eigenvalue weighted by Gasteiger charge is -2.13. The maximum absolute atomic E-state index is 12.0. The molecule has 0 fully saturated rings. The maximum Gasteiger partial charge on any atom is 0.379 e. The first-order valence-electron chi connectivity index (χ1n) is 7.21. The smallest absolute Gasteiger partial charge is 0.379 e. The number of hydrogen-bond acceptors (Lipinski definition) is 4. The third-order valence-corrected chi connectivity index (χ3v) is 3.77. The van der Waals surface area contributed by atoms with Gasteiger partial charge in [0.05, 0.1) is 11.1 Å². The first-order valence-corrected chi connectivity index (χ1v) is 8.00. The lowest BCUT2D eigenvalue weighted by atomic mass is 10.1. The fraction of sp³-hybridized carbons (Fsp3) is 0.222. The summed E-state index contributed by atoms with van der Waals surface area (Å²) >= 11 is 3.40. The summed E-state index contributed by atoms with van der Waals surface area (Å²) in [5.74, 6) is -0.865. The largest absolute Gasteiger partial charge is 0.487 e. The van der Waals surface area contributed by atoms with Crippen molar-refractivity contribution >= 4 is 27.7 Å². The molecule has 0 heterocycles. The lowest BCUT2D eigenvalue weighted by molar-refractivity contribution is -0.137. The van der Waals surface area contributed by atoms with Crippen molar-refractivity contribution in [2.75, 3.05) is 6.61 Å². The molecule has 0 unspecified atom stereocenters. The molecule has 0 aromatic heterocycles. The van der Waals surface area contributed by atoms with E-state index >= 15 is 0 Å². The molecule has 120 valence electrons. The number of ether oxygens (including phenoxy) is 2. The average Bonchev–Trinajstić information content (AvgIpc) is 2.54. The molecule has 0 saturated heterocycles. The minimum Gasteiger partial charge on any atom is -0.487 e. The molecular weight excluding hydrogens is 360 g/mol. The Morgan fingerprint density at radius 2 is 1.83 bits per heavy atom. The molecule has 0 N–H and O–H groups in total. The van der Waals surface area contributed by atoms with Gasteiger partial charge in [0, 0.05) is 5.56 Å². The molecule has 0 radical (unpaired) electrons. The SMILES string of the molecule is CCOC(=O)C(=O)c1cc(C)c(OCc2ccccc2)c(Br)c1. The molecule has 23 heavy (non-hydrogen) atoms. The highest BCUT2D eigenvalue weighted by atomic mass is 79.9. The van der Waals surface area contributed by atoms with Gasteiger partial charge in [-0.1, -0.05) is 30.3 Å². The molecule has 5 heteroatoms. The number of halogens is 1. The Balaban J connectivity index is 2.17. The summed E-state index contributed by atoms with van der Waals surface area (Å²) in [6, 6.07) is 13.0. The van der Waals surface area contributed by atoms with Gasteiger partial charge in [-0.3, -0.25) is 4.79 Å². The van der Waals surface area contributed by atoms with Crippen LogP contribution >= 0.6 is 15.9 Å². The van der Waals surface area contributed by atoms with Gasteiger partial charge in [-0.2, -0.15) is 0 Å². The van der Waals surface area contributed by atoms with Gasteiger partial charge in [0.25, 0.3) is 5.78 Å². The van der Waals surface area contributed by atoms with E-state index in [9.17, 15) is 9.59 Å². The Kier molecular flexibility index (Phi) is 5.93. The van der Waals surface area contributed by atoms with Crippen molar-refractivity contribution < 1.29 is 19.1 Å². The van der Waals surface area contributed by atoms with Gasteiger partial charge >= 0.3 is 5.97 Å². The number of benzene rings is 2. The van der Waals surface area contributed by atoms with Crippen molar-refractivity contribution in [3.8, 4) is 5.75 Å². The summed E-state index contributed by atoms with van der Waals surface area (Å²) in [4.78, 5) is 23.5. The van der Waals surface area contributed by atoms with Crippen LogP contribution < -0.4 is 4.74 Å². The lowest BCUT2D eigenvalue weighted by Crippen LogP contribution is -2.17. The van der Waals surface area contributed by atoms with Crippen molar-refractivity contribution in [2.45, 2.75) is 20.5 Å². The highest BCUT2D eigenvalue weighted by Gasteiger charge is 2.20. The van der Waals surface area contributed by atoms with E-state index in [2.05, 4.69) is 15.9 Å². The molecule has 0 aliphatic carbocycles. The third kappa shape index (κ3) is 4.42. The fourth-order valence-corrected chi connectivity index (χ4v) is 2.76. The molecule has 0 spiro atoms. The Bertz CT molecular complexity index is 687. The van der Waals surface area contributed by atoms with E-state index in [0.29, 0.717) is 16.8 Å². The summed E-state index contributed by atoms with van der Waals surface area (Å²) in [6.07, 6.45) is 0. The number of carbonyl (C=O) groups is 2. The van der Waals surface area contributed by atoms with Crippen molar-refractivity contribution in [1.29, 1.82) is 0 Å². The molecule has 2 aromatic carbocycles. The van der Waals surface area contributed by atoms with Crippen LogP contribution in [0.25, 0.3) is 0 Å². The molecule has 0 bridgehead atoms. The summed E-state index contributed by atoms with van der Waals surface area (Å²) in [5.41, 5.74) is 2.09. The zero-order valence-corrected chi connectivity index (χ0v) is 14.6. The molecule has 0 amide bonds. The van der Waals surface area contributed by atoms with Crippen LogP contribution in [0.4, 0.5) is 0 Å². The van der Waals surface area contributed by atoms with Crippen LogP contribution in [0.2, 0.25) is 0 Å². The molecule has 0 atom stereocenters. The predicted molar refractivity (Wildman–Crippen MR) is 90.6 cm³/mol. The van der Waals surface area contributed by atoms with E-state index in [4.69, 9.17) is 9.47 Å². The van der Waals surface area contributed by atoms with Crippen molar-refractivity contribution in [2.24, 2.45) is 0 Å². The highest BCUT2D eigenvalue weighted by molar-refractivity contribution is 9.10. The molecule has 0 aliphatic rings. The number of Topliss-reactive ketones (excluding diaryl/α,β-unsaturated/α-hetero) is 1. The van der Waals surface area contributed by atoms with E-state index in [1.54, 1.807) is 19.1 Å². The third-order valence-electron chi connectivity index (χ3n) is 3.18. The van der Waals surface area contributed by atoms with Crippen molar-refractivity contribution in [3.63, 3.8) is 0 Å². The monoisotopic (exact) mass is 376 g/mol. The average molecular weight is 377 g/mol. The molecule has 4 nitrogen and oxygen atoms in total. The topological polar surface area (TPSA) is 52.6 Å². The molecule has 0 aliphatic heterocycles. The zero-order chi connectivity index (χ0) is 16.8. The van der Waals surface area contributed by atoms with E-state index in [1.807, 2.05) is 37.3 Å². The molecule has 2 rings (SSSR count). The number of hydrogen-bond donors (Lipinski definition) is 0. The van der Waals surface area contributed by atoms with E-state index in [0.717, 1.165) is 11.1 Å².